The molecule has 13 heavy (non-hydrogen) atoms. The summed E-state index contributed by atoms with van der Waals surface area (Å²) < 4.78 is 0. The van der Waals surface area contributed by atoms with E-state index in [0.29, 0.717) is 0 Å². The van der Waals surface area contributed by atoms with Gasteiger partial charge in [0.25, 0.3) is 0 Å². The molecule has 1 aromatic carbocycles. The molecule has 0 atom stereocenters. The molecular weight excluding hydrogens is 179 g/mol. The van der Waals surface area contributed by atoms with Gasteiger partial charge >= 0.3 is 35.5 Å². The molecule has 0 spiro atoms. The molecule has 0 saturated heterocycles. The molecule has 0 saturated carbocycles. The number of aliphatic carboxylic acids is 1. The third kappa shape index (κ3) is 4.72. The third-order valence-electron chi connectivity index (χ3n) is 1.31. The molecular formula is C9H9NaO3. The second-order valence-electron chi connectivity index (χ2n) is 2.26. The Balaban J connectivity index is 0.00000144. The Hall–Kier alpha value is -0.770. The van der Waals surface area contributed by atoms with Gasteiger partial charge in [-0.1, -0.05) is 12.1 Å². The van der Waals surface area contributed by atoms with E-state index in [4.69, 9.17) is 10.2 Å². The van der Waals surface area contributed by atoms with Crippen LogP contribution in [0.4, 0.5) is 0 Å². The Kier molecular flexibility index (Phi) is 5.46. The van der Waals surface area contributed by atoms with Crippen molar-refractivity contribution in [3.8, 4) is 5.75 Å². The Labute approximate surface area is 98.0 Å². The number of hydrogen-bond donors (Lipinski definition) is 2. The fourth-order valence-corrected chi connectivity index (χ4v) is 0.753. The monoisotopic (exact) mass is 188 g/mol. The normalized spacial score (nSPS) is 9.54. The zero-order valence-electron chi connectivity index (χ0n) is 6.27. The van der Waals surface area contributed by atoms with Crippen LogP contribution in [0.3, 0.4) is 0 Å². The molecule has 0 bridgehead atoms. The van der Waals surface area contributed by atoms with Crippen LogP contribution in [-0.4, -0.2) is 45.7 Å². The van der Waals surface area contributed by atoms with Crippen LogP contribution in [0.1, 0.15) is 5.56 Å². The van der Waals surface area contributed by atoms with Gasteiger partial charge in [-0.15, -0.1) is 0 Å². The number of carboxylic acid groups (broad SMARTS) is 1. The van der Waals surface area contributed by atoms with E-state index in [1.54, 1.807) is 12.1 Å². The van der Waals surface area contributed by atoms with E-state index in [-0.39, 0.29) is 35.3 Å². The maximum absolute atomic E-state index is 10.1. The van der Waals surface area contributed by atoms with Crippen molar-refractivity contribution < 1.29 is 15.0 Å². The molecule has 0 aliphatic carbocycles. The van der Waals surface area contributed by atoms with Gasteiger partial charge in [0.2, 0.25) is 0 Å². The fourth-order valence-electron chi connectivity index (χ4n) is 0.753. The van der Waals surface area contributed by atoms with E-state index in [1.807, 2.05) is 0 Å². The zero-order valence-corrected chi connectivity index (χ0v) is 6.27. The number of carboxylic acids is 1. The molecule has 0 aliphatic heterocycles. The summed E-state index contributed by atoms with van der Waals surface area (Å²) in [5.74, 6) is -0.814. The first kappa shape index (κ1) is 12.2. The summed E-state index contributed by atoms with van der Waals surface area (Å²) in [5, 5.41) is 17.2. The number of phenols is 1. The van der Waals surface area contributed by atoms with Gasteiger partial charge in [-0.25, -0.2) is 4.79 Å². The first-order chi connectivity index (χ1) is 5.68. The number of benzene rings is 1. The standard InChI is InChI=1S/C9H8O3.Na.H/c10-8-4-1-7(2-5-8)3-6-9(11)12;;/h1-6,10H,(H,11,12);;. The van der Waals surface area contributed by atoms with Crippen LogP contribution < -0.4 is 0 Å². The molecule has 0 unspecified atom stereocenters. The molecule has 1 aromatic rings. The summed E-state index contributed by atoms with van der Waals surface area (Å²) in [7, 11) is 0. The zero-order chi connectivity index (χ0) is 8.97. The van der Waals surface area contributed by atoms with Gasteiger partial charge < -0.3 is 10.2 Å². The molecule has 4 heteroatoms. The van der Waals surface area contributed by atoms with Crippen molar-refractivity contribution in [3.05, 3.63) is 35.9 Å². The van der Waals surface area contributed by atoms with Gasteiger partial charge in [0.1, 0.15) is 5.75 Å². The van der Waals surface area contributed by atoms with Gasteiger partial charge in [0.15, 0.2) is 0 Å². The molecule has 0 amide bonds. The van der Waals surface area contributed by atoms with Gasteiger partial charge in [-0.2, -0.15) is 0 Å². The molecule has 3 nitrogen and oxygen atoms in total. The summed E-state index contributed by atoms with van der Waals surface area (Å²) >= 11 is 0. The topological polar surface area (TPSA) is 57.5 Å². The maximum atomic E-state index is 10.1. The first-order valence-electron chi connectivity index (χ1n) is 3.38. The number of phenolic OH excluding ortho intramolecular Hbond substituents is 1. The summed E-state index contributed by atoms with van der Waals surface area (Å²) in [6, 6.07) is 6.27. The number of aromatic hydroxyl groups is 1. The Morgan fingerprint density at radius 2 is 1.77 bits per heavy atom. The van der Waals surface area contributed by atoms with Crippen LogP contribution in [0.25, 0.3) is 6.08 Å². The molecule has 0 aromatic heterocycles. The van der Waals surface area contributed by atoms with Crippen LogP contribution >= 0.6 is 0 Å². The van der Waals surface area contributed by atoms with E-state index >= 15 is 0 Å². The SMILES string of the molecule is O=C(O)C=Cc1ccc(O)cc1.[NaH]. The number of hydrogen-bond acceptors (Lipinski definition) is 2. The summed E-state index contributed by atoms with van der Waals surface area (Å²) in [6.45, 7) is 0. The van der Waals surface area contributed by atoms with E-state index in [1.165, 1.54) is 18.2 Å². The van der Waals surface area contributed by atoms with Gasteiger partial charge in [-0.05, 0) is 23.8 Å². The van der Waals surface area contributed by atoms with Crippen LogP contribution in [0.5, 0.6) is 5.75 Å². The third-order valence-corrected chi connectivity index (χ3v) is 1.31. The van der Waals surface area contributed by atoms with E-state index < -0.39 is 5.97 Å². The number of carbonyl (C=O) groups is 1. The summed E-state index contributed by atoms with van der Waals surface area (Å²) in [5.41, 5.74) is 0.746. The Morgan fingerprint density at radius 3 is 2.23 bits per heavy atom. The van der Waals surface area contributed by atoms with Crippen molar-refractivity contribution in [1.29, 1.82) is 0 Å². The predicted molar refractivity (Wildman–Crippen MR) is 51.9 cm³/mol. The van der Waals surface area contributed by atoms with Crippen molar-refractivity contribution in [2.75, 3.05) is 0 Å². The quantitative estimate of drug-likeness (QED) is 0.534. The summed E-state index contributed by atoms with van der Waals surface area (Å²) in [6.07, 6.45) is 2.51. The van der Waals surface area contributed by atoms with Crippen molar-refractivity contribution in [2.24, 2.45) is 0 Å². The van der Waals surface area contributed by atoms with Gasteiger partial charge in [-0.3, -0.25) is 0 Å². The van der Waals surface area contributed by atoms with Crippen LogP contribution in [0, 0.1) is 0 Å². The van der Waals surface area contributed by atoms with Crippen LogP contribution in [0.2, 0.25) is 0 Å². The van der Waals surface area contributed by atoms with Crippen molar-refractivity contribution in [1.82, 2.24) is 0 Å². The van der Waals surface area contributed by atoms with Gasteiger partial charge in [0.05, 0.1) is 0 Å². The second kappa shape index (κ2) is 5.80. The minimum atomic E-state index is -0.983. The molecule has 2 N–H and O–H groups in total. The Morgan fingerprint density at radius 1 is 1.23 bits per heavy atom. The van der Waals surface area contributed by atoms with Crippen LogP contribution in [-0.2, 0) is 4.79 Å². The van der Waals surface area contributed by atoms with Crippen molar-refractivity contribution in [2.45, 2.75) is 0 Å². The second-order valence-corrected chi connectivity index (χ2v) is 2.26. The van der Waals surface area contributed by atoms with E-state index in [2.05, 4.69) is 0 Å². The minimum absolute atomic E-state index is 0. The van der Waals surface area contributed by atoms with Crippen molar-refractivity contribution >= 4 is 41.6 Å². The fraction of sp³-hybridized carbons (Fsp3) is 0. The predicted octanol–water partition coefficient (Wildman–Crippen LogP) is 0.841. The van der Waals surface area contributed by atoms with Crippen LogP contribution in [0.15, 0.2) is 30.3 Å². The van der Waals surface area contributed by atoms with Crippen molar-refractivity contribution in [3.63, 3.8) is 0 Å². The van der Waals surface area contributed by atoms with Gasteiger partial charge in [0, 0.05) is 6.08 Å². The average molecular weight is 188 g/mol. The molecule has 1 rings (SSSR count). The van der Waals surface area contributed by atoms with E-state index in [9.17, 15) is 4.79 Å². The first-order valence-corrected chi connectivity index (χ1v) is 3.38. The molecule has 0 heterocycles. The Bertz CT molecular complexity index is 303. The molecule has 0 fully saturated rings. The van der Waals surface area contributed by atoms with E-state index in [0.717, 1.165) is 11.6 Å². The molecule has 0 aliphatic rings. The molecule has 0 radical (unpaired) electrons. The summed E-state index contributed by atoms with van der Waals surface area (Å²) in [4.78, 5) is 10.1. The average Bonchev–Trinajstić information content (AvgIpc) is 2.03. The molecule has 64 valence electrons. The number of rotatable bonds is 2.